The van der Waals surface area contributed by atoms with Crippen LogP contribution in [0.5, 0.6) is 0 Å². The average molecular weight is 187 g/mol. The van der Waals surface area contributed by atoms with Crippen molar-refractivity contribution in [2.45, 2.75) is 18.8 Å². The Morgan fingerprint density at radius 1 is 1.67 bits per heavy atom. The molecule has 0 aromatic heterocycles. The summed E-state index contributed by atoms with van der Waals surface area (Å²) in [6, 6.07) is 0. The molecule has 1 rings (SSSR count). The van der Waals surface area contributed by atoms with Crippen LogP contribution in [0.2, 0.25) is 0 Å². The summed E-state index contributed by atoms with van der Waals surface area (Å²) in [6.07, 6.45) is 7.12. The molecule has 0 saturated heterocycles. The molecule has 0 saturated carbocycles. The first-order valence-corrected chi connectivity index (χ1v) is 4.64. The third-order valence-electron chi connectivity index (χ3n) is 1.87. The number of rotatable bonds is 3. The van der Waals surface area contributed by atoms with Gasteiger partial charge in [0.1, 0.15) is 5.50 Å². The molecule has 0 aromatic carbocycles. The van der Waals surface area contributed by atoms with E-state index in [-0.39, 0.29) is 5.50 Å². The molecule has 68 valence electrons. The summed E-state index contributed by atoms with van der Waals surface area (Å²) in [5, 5.41) is 0. The molecule has 1 aliphatic heterocycles. The largest absolute Gasteiger partial charge is 0.358 e. The van der Waals surface area contributed by atoms with Crippen molar-refractivity contribution < 1.29 is 0 Å². The molecule has 0 aliphatic carbocycles. The van der Waals surface area contributed by atoms with Gasteiger partial charge < -0.3 is 10.6 Å². The van der Waals surface area contributed by atoms with Crippen molar-refractivity contribution >= 4 is 11.6 Å². The first kappa shape index (κ1) is 9.62. The van der Waals surface area contributed by atoms with Crippen molar-refractivity contribution in [1.82, 2.24) is 4.90 Å². The molecule has 0 fully saturated rings. The SMILES string of the molecule is CC1=CC(Cl)N(CCCN)C=C1. The Morgan fingerprint density at radius 2 is 2.42 bits per heavy atom. The van der Waals surface area contributed by atoms with Gasteiger partial charge in [0.2, 0.25) is 0 Å². The smallest absolute Gasteiger partial charge is 0.123 e. The van der Waals surface area contributed by atoms with E-state index in [1.54, 1.807) is 0 Å². The second-order valence-corrected chi connectivity index (χ2v) is 3.43. The van der Waals surface area contributed by atoms with Gasteiger partial charge in [-0.25, -0.2) is 0 Å². The van der Waals surface area contributed by atoms with Gasteiger partial charge in [0.25, 0.3) is 0 Å². The van der Waals surface area contributed by atoms with E-state index in [9.17, 15) is 0 Å². The van der Waals surface area contributed by atoms with Crippen LogP contribution >= 0.6 is 11.6 Å². The van der Waals surface area contributed by atoms with Gasteiger partial charge in [0.15, 0.2) is 0 Å². The van der Waals surface area contributed by atoms with Crippen molar-refractivity contribution in [3.8, 4) is 0 Å². The fourth-order valence-corrected chi connectivity index (χ4v) is 1.50. The monoisotopic (exact) mass is 186 g/mol. The number of hydrogen-bond acceptors (Lipinski definition) is 2. The van der Waals surface area contributed by atoms with Crippen LogP contribution in [-0.4, -0.2) is 23.5 Å². The maximum atomic E-state index is 6.07. The van der Waals surface area contributed by atoms with Gasteiger partial charge in [-0.1, -0.05) is 17.2 Å². The molecular weight excluding hydrogens is 172 g/mol. The Kier molecular flexibility index (Phi) is 3.63. The summed E-state index contributed by atoms with van der Waals surface area (Å²) < 4.78 is 0. The molecule has 2 N–H and O–H groups in total. The molecule has 1 aliphatic rings. The van der Waals surface area contributed by atoms with Crippen molar-refractivity contribution in [2.24, 2.45) is 5.73 Å². The highest BCUT2D eigenvalue weighted by molar-refractivity contribution is 6.21. The number of allylic oxidation sites excluding steroid dienone is 2. The highest BCUT2D eigenvalue weighted by atomic mass is 35.5. The van der Waals surface area contributed by atoms with Crippen LogP contribution in [0.4, 0.5) is 0 Å². The molecule has 2 nitrogen and oxygen atoms in total. The van der Waals surface area contributed by atoms with Crippen molar-refractivity contribution in [3.63, 3.8) is 0 Å². The second kappa shape index (κ2) is 4.53. The zero-order valence-corrected chi connectivity index (χ0v) is 8.09. The van der Waals surface area contributed by atoms with Gasteiger partial charge in [-0.3, -0.25) is 0 Å². The summed E-state index contributed by atoms with van der Waals surface area (Å²) in [7, 11) is 0. The summed E-state index contributed by atoms with van der Waals surface area (Å²) in [6.45, 7) is 3.70. The zero-order chi connectivity index (χ0) is 8.97. The van der Waals surface area contributed by atoms with Crippen LogP contribution in [0.15, 0.2) is 23.9 Å². The van der Waals surface area contributed by atoms with E-state index in [0.29, 0.717) is 0 Å². The van der Waals surface area contributed by atoms with E-state index in [1.165, 1.54) is 5.57 Å². The molecule has 1 unspecified atom stereocenters. The predicted molar refractivity (Wildman–Crippen MR) is 52.9 cm³/mol. The normalized spacial score (nSPS) is 22.8. The van der Waals surface area contributed by atoms with Crippen LogP contribution in [0.25, 0.3) is 0 Å². The lowest BCUT2D eigenvalue weighted by atomic mass is 10.2. The number of halogens is 1. The topological polar surface area (TPSA) is 29.3 Å². The van der Waals surface area contributed by atoms with Crippen LogP contribution < -0.4 is 5.73 Å². The minimum atomic E-state index is 0.00144. The van der Waals surface area contributed by atoms with E-state index >= 15 is 0 Å². The highest BCUT2D eigenvalue weighted by Crippen LogP contribution is 2.16. The molecule has 0 amide bonds. The lowest BCUT2D eigenvalue weighted by Crippen LogP contribution is -2.28. The lowest BCUT2D eigenvalue weighted by Gasteiger charge is -2.26. The van der Waals surface area contributed by atoms with E-state index in [1.807, 2.05) is 19.2 Å². The lowest BCUT2D eigenvalue weighted by molar-refractivity contribution is 0.375. The highest BCUT2D eigenvalue weighted by Gasteiger charge is 2.11. The molecule has 3 heteroatoms. The van der Waals surface area contributed by atoms with Crippen molar-refractivity contribution in [1.29, 1.82) is 0 Å². The molecule has 1 heterocycles. The number of hydrogen-bond donors (Lipinski definition) is 1. The number of nitrogens with two attached hydrogens (primary N) is 1. The van der Waals surface area contributed by atoms with E-state index in [0.717, 1.165) is 19.5 Å². The quantitative estimate of drug-likeness (QED) is 0.537. The minimum absolute atomic E-state index is 0.00144. The van der Waals surface area contributed by atoms with Gasteiger partial charge in [0, 0.05) is 12.7 Å². The predicted octanol–water partition coefficient (Wildman–Crippen LogP) is 1.68. The third kappa shape index (κ3) is 2.54. The number of nitrogens with zero attached hydrogens (tertiary/aromatic N) is 1. The maximum absolute atomic E-state index is 6.07. The Bertz CT molecular complexity index is 199. The van der Waals surface area contributed by atoms with Gasteiger partial charge in [-0.2, -0.15) is 0 Å². The van der Waals surface area contributed by atoms with Crippen LogP contribution in [0.1, 0.15) is 13.3 Å². The molecule has 0 spiro atoms. The van der Waals surface area contributed by atoms with Gasteiger partial charge >= 0.3 is 0 Å². The molecule has 0 aromatic rings. The summed E-state index contributed by atoms with van der Waals surface area (Å²) in [5.74, 6) is 0. The molecule has 0 bridgehead atoms. The first-order chi connectivity index (χ1) is 5.74. The molecule has 12 heavy (non-hydrogen) atoms. The average Bonchev–Trinajstić information content (AvgIpc) is 2.03. The molecule has 1 atom stereocenters. The summed E-state index contributed by atoms with van der Waals surface area (Å²) in [4.78, 5) is 2.08. The Morgan fingerprint density at radius 3 is 3.00 bits per heavy atom. The van der Waals surface area contributed by atoms with Gasteiger partial charge in [-0.05, 0) is 32.0 Å². The van der Waals surface area contributed by atoms with Crippen molar-refractivity contribution in [2.75, 3.05) is 13.1 Å². The first-order valence-electron chi connectivity index (χ1n) is 4.20. The maximum Gasteiger partial charge on any atom is 0.123 e. The molecular formula is C9H15ClN2. The number of alkyl halides is 1. The second-order valence-electron chi connectivity index (χ2n) is 2.98. The Labute approximate surface area is 78.7 Å². The van der Waals surface area contributed by atoms with Gasteiger partial charge in [-0.15, -0.1) is 0 Å². The Balaban J connectivity index is 2.43. The third-order valence-corrected chi connectivity index (χ3v) is 2.24. The van der Waals surface area contributed by atoms with Gasteiger partial charge in [0.05, 0.1) is 0 Å². The van der Waals surface area contributed by atoms with Crippen LogP contribution in [0, 0.1) is 0 Å². The van der Waals surface area contributed by atoms with Crippen LogP contribution in [0.3, 0.4) is 0 Å². The molecule has 0 radical (unpaired) electrons. The zero-order valence-electron chi connectivity index (χ0n) is 7.33. The fourth-order valence-electron chi connectivity index (χ4n) is 1.14. The van der Waals surface area contributed by atoms with Crippen molar-refractivity contribution in [3.05, 3.63) is 23.9 Å². The summed E-state index contributed by atoms with van der Waals surface area (Å²) >= 11 is 6.07. The van der Waals surface area contributed by atoms with E-state index in [4.69, 9.17) is 17.3 Å². The van der Waals surface area contributed by atoms with E-state index < -0.39 is 0 Å². The minimum Gasteiger partial charge on any atom is -0.358 e. The Hall–Kier alpha value is -0.470. The van der Waals surface area contributed by atoms with Crippen LogP contribution in [-0.2, 0) is 0 Å². The summed E-state index contributed by atoms with van der Waals surface area (Å²) in [5.41, 5.74) is 6.63. The fraction of sp³-hybridized carbons (Fsp3) is 0.556. The standard InChI is InChI=1S/C9H15ClN2/c1-8-3-6-12(5-2-4-11)9(10)7-8/h3,6-7,9H,2,4-5,11H2,1H3. The van der Waals surface area contributed by atoms with E-state index in [2.05, 4.69) is 11.0 Å².